The van der Waals surface area contributed by atoms with Crippen LogP contribution in [0.15, 0.2) is 66.7 Å². The number of benzene rings is 3. The molecule has 0 aliphatic rings. The van der Waals surface area contributed by atoms with Gasteiger partial charge >= 0.3 is 0 Å². The van der Waals surface area contributed by atoms with Crippen molar-refractivity contribution in [1.82, 2.24) is 10.2 Å². The first-order chi connectivity index (χ1) is 16.8. The van der Waals surface area contributed by atoms with Gasteiger partial charge in [0, 0.05) is 19.5 Å². The zero-order valence-electron chi connectivity index (χ0n) is 19.2. The lowest BCUT2D eigenvalue weighted by Crippen LogP contribution is -2.51. The summed E-state index contributed by atoms with van der Waals surface area (Å²) in [5.74, 6) is -0.430. The fourth-order valence-corrected chi connectivity index (χ4v) is 4.32. The Morgan fingerprint density at radius 3 is 2.00 bits per heavy atom. The Bertz CT molecular complexity index is 1170. The van der Waals surface area contributed by atoms with E-state index < -0.39 is 6.04 Å². The number of carbonyl (C=O) groups excluding carboxylic acids is 2. The molecular formula is C27H26Cl4N2O2. The number of rotatable bonds is 10. The summed E-state index contributed by atoms with van der Waals surface area (Å²) in [5.41, 5.74) is 2.42. The molecule has 3 rings (SSSR count). The predicted molar refractivity (Wildman–Crippen MR) is 144 cm³/mol. The van der Waals surface area contributed by atoms with Crippen molar-refractivity contribution in [3.63, 3.8) is 0 Å². The standard InChI is InChI=1S/C27H26Cl4N2O2/c1-2-12-32-27(35)25(15-18-6-4-3-5-7-18)33(17-20-9-11-22(29)24(31)14-20)26(34)16-19-8-10-21(28)23(30)13-19/h3-11,13-14,25H,2,12,15-17H2,1H3,(H,32,35)/t25-/m0/s1. The van der Waals surface area contributed by atoms with Gasteiger partial charge in [-0.15, -0.1) is 0 Å². The minimum absolute atomic E-state index is 0.0601. The third-order valence-corrected chi connectivity index (χ3v) is 6.97. The highest BCUT2D eigenvalue weighted by atomic mass is 35.5. The maximum atomic E-state index is 13.7. The summed E-state index contributed by atoms with van der Waals surface area (Å²) in [6.45, 7) is 2.69. The molecule has 0 bridgehead atoms. The Morgan fingerprint density at radius 2 is 1.40 bits per heavy atom. The van der Waals surface area contributed by atoms with Crippen LogP contribution < -0.4 is 5.32 Å². The molecule has 0 spiro atoms. The number of nitrogens with one attached hydrogen (secondary N) is 1. The van der Waals surface area contributed by atoms with Crippen LogP contribution in [0, 0.1) is 0 Å². The second kappa shape index (κ2) is 13.2. The molecule has 0 aliphatic heterocycles. The van der Waals surface area contributed by atoms with Crippen molar-refractivity contribution in [3.05, 3.63) is 104 Å². The van der Waals surface area contributed by atoms with Crippen LogP contribution in [0.4, 0.5) is 0 Å². The molecule has 0 saturated carbocycles. The van der Waals surface area contributed by atoms with E-state index in [0.717, 1.165) is 17.5 Å². The first kappa shape index (κ1) is 27.3. The normalized spacial score (nSPS) is 11.7. The van der Waals surface area contributed by atoms with Gasteiger partial charge in [-0.05, 0) is 47.4 Å². The topological polar surface area (TPSA) is 49.4 Å². The summed E-state index contributed by atoms with van der Waals surface area (Å²) in [7, 11) is 0. The number of nitrogens with zero attached hydrogens (tertiary/aromatic N) is 1. The van der Waals surface area contributed by atoms with E-state index in [1.165, 1.54) is 0 Å². The van der Waals surface area contributed by atoms with Gasteiger partial charge in [0.15, 0.2) is 0 Å². The fourth-order valence-electron chi connectivity index (χ4n) is 3.68. The lowest BCUT2D eigenvalue weighted by molar-refractivity contribution is -0.140. The maximum Gasteiger partial charge on any atom is 0.243 e. The van der Waals surface area contributed by atoms with E-state index in [0.29, 0.717) is 38.6 Å². The average Bonchev–Trinajstić information content (AvgIpc) is 2.84. The third-order valence-electron chi connectivity index (χ3n) is 5.50. The Morgan fingerprint density at radius 1 is 0.800 bits per heavy atom. The number of carbonyl (C=O) groups is 2. The third kappa shape index (κ3) is 7.88. The van der Waals surface area contributed by atoms with Crippen LogP contribution in [0.2, 0.25) is 20.1 Å². The average molecular weight is 552 g/mol. The van der Waals surface area contributed by atoms with Gasteiger partial charge in [0.05, 0.1) is 26.5 Å². The molecule has 35 heavy (non-hydrogen) atoms. The molecule has 0 fully saturated rings. The number of hydrogen-bond acceptors (Lipinski definition) is 2. The van der Waals surface area contributed by atoms with Crippen molar-refractivity contribution in [2.24, 2.45) is 0 Å². The predicted octanol–water partition coefficient (Wildman–Crippen LogP) is 7.01. The minimum Gasteiger partial charge on any atom is -0.354 e. The van der Waals surface area contributed by atoms with Gasteiger partial charge in [0.2, 0.25) is 11.8 Å². The smallest absolute Gasteiger partial charge is 0.243 e. The van der Waals surface area contributed by atoms with Crippen molar-refractivity contribution in [2.45, 2.75) is 38.8 Å². The molecule has 8 heteroatoms. The zero-order valence-corrected chi connectivity index (χ0v) is 22.3. The summed E-state index contributed by atoms with van der Waals surface area (Å²) < 4.78 is 0. The largest absolute Gasteiger partial charge is 0.354 e. The van der Waals surface area contributed by atoms with E-state index in [1.54, 1.807) is 41.3 Å². The first-order valence-electron chi connectivity index (χ1n) is 11.3. The molecule has 184 valence electrons. The molecule has 0 radical (unpaired) electrons. The van der Waals surface area contributed by atoms with E-state index in [4.69, 9.17) is 46.4 Å². The van der Waals surface area contributed by atoms with E-state index in [1.807, 2.05) is 37.3 Å². The van der Waals surface area contributed by atoms with Crippen molar-refractivity contribution >= 4 is 58.2 Å². The monoisotopic (exact) mass is 550 g/mol. The first-order valence-corrected chi connectivity index (χ1v) is 12.8. The lowest BCUT2D eigenvalue weighted by atomic mass is 10.0. The summed E-state index contributed by atoms with van der Waals surface area (Å²) in [6, 6.07) is 19.2. The van der Waals surface area contributed by atoms with Crippen LogP contribution in [0.25, 0.3) is 0 Å². The fraction of sp³-hybridized carbons (Fsp3) is 0.259. The number of hydrogen-bond donors (Lipinski definition) is 1. The molecule has 0 unspecified atom stereocenters. The van der Waals surface area contributed by atoms with E-state index in [2.05, 4.69) is 5.32 Å². The summed E-state index contributed by atoms with van der Waals surface area (Å²) in [6.07, 6.45) is 1.21. The van der Waals surface area contributed by atoms with Crippen LogP contribution in [-0.4, -0.2) is 29.3 Å². The van der Waals surface area contributed by atoms with Gasteiger partial charge in [0.1, 0.15) is 6.04 Å². The molecule has 0 aromatic heterocycles. The quantitative estimate of drug-likeness (QED) is 0.294. The van der Waals surface area contributed by atoms with Crippen molar-refractivity contribution in [2.75, 3.05) is 6.54 Å². The van der Waals surface area contributed by atoms with Crippen LogP contribution in [0.1, 0.15) is 30.0 Å². The van der Waals surface area contributed by atoms with Crippen LogP contribution >= 0.6 is 46.4 Å². The summed E-state index contributed by atoms with van der Waals surface area (Å²) in [4.78, 5) is 28.6. The van der Waals surface area contributed by atoms with Crippen LogP contribution in [0.5, 0.6) is 0 Å². The highest BCUT2D eigenvalue weighted by molar-refractivity contribution is 6.42. The van der Waals surface area contributed by atoms with Gasteiger partial charge in [-0.2, -0.15) is 0 Å². The van der Waals surface area contributed by atoms with Crippen LogP contribution in [0.3, 0.4) is 0 Å². The molecule has 1 N–H and O–H groups in total. The zero-order chi connectivity index (χ0) is 25.4. The van der Waals surface area contributed by atoms with Gasteiger partial charge < -0.3 is 10.2 Å². The highest BCUT2D eigenvalue weighted by Crippen LogP contribution is 2.26. The second-order valence-corrected chi connectivity index (χ2v) is 9.82. The van der Waals surface area contributed by atoms with Crippen molar-refractivity contribution in [3.8, 4) is 0 Å². The molecule has 0 heterocycles. The Hall–Kier alpha value is -2.24. The minimum atomic E-state index is -0.728. The van der Waals surface area contributed by atoms with Gasteiger partial charge in [-0.3, -0.25) is 9.59 Å². The maximum absolute atomic E-state index is 13.7. The molecule has 0 saturated heterocycles. The molecule has 1 atom stereocenters. The summed E-state index contributed by atoms with van der Waals surface area (Å²) >= 11 is 24.5. The summed E-state index contributed by atoms with van der Waals surface area (Å²) in [5, 5.41) is 4.55. The van der Waals surface area contributed by atoms with Crippen molar-refractivity contribution < 1.29 is 9.59 Å². The molecule has 2 amide bonds. The van der Waals surface area contributed by atoms with E-state index in [-0.39, 0.29) is 24.8 Å². The lowest BCUT2D eigenvalue weighted by Gasteiger charge is -2.32. The number of amides is 2. The molecule has 3 aromatic carbocycles. The van der Waals surface area contributed by atoms with Gasteiger partial charge in [0.25, 0.3) is 0 Å². The van der Waals surface area contributed by atoms with Crippen molar-refractivity contribution in [1.29, 1.82) is 0 Å². The number of halogens is 4. The molecular weight excluding hydrogens is 526 g/mol. The molecule has 3 aromatic rings. The Labute approximate surface area is 226 Å². The Kier molecular flexibility index (Phi) is 10.3. The Balaban J connectivity index is 1.98. The van der Waals surface area contributed by atoms with Gasteiger partial charge in [-0.1, -0.05) is 95.8 Å². The molecule has 4 nitrogen and oxygen atoms in total. The SMILES string of the molecule is CCCNC(=O)[C@H](Cc1ccccc1)N(Cc1ccc(Cl)c(Cl)c1)C(=O)Cc1ccc(Cl)c(Cl)c1. The van der Waals surface area contributed by atoms with Gasteiger partial charge in [-0.25, -0.2) is 0 Å². The van der Waals surface area contributed by atoms with E-state index in [9.17, 15) is 9.59 Å². The molecule has 0 aliphatic carbocycles. The highest BCUT2D eigenvalue weighted by Gasteiger charge is 2.30. The van der Waals surface area contributed by atoms with E-state index >= 15 is 0 Å². The second-order valence-electron chi connectivity index (χ2n) is 8.19. The van der Waals surface area contributed by atoms with Crippen LogP contribution in [-0.2, 0) is 29.0 Å².